The second-order valence-electron chi connectivity index (χ2n) is 13.6. The zero-order chi connectivity index (χ0) is 41.5. The minimum Gasteiger partial charge on any atom is -0.508 e. The van der Waals surface area contributed by atoms with Gasteiger partial charge >= 0.3 is 23.9 Å². The summed E-state index contributed by atoms with van der Waals surface area (Å²) in [5.74, 6) is -4.84. The summed E-state index contributed by atoms with van der Waals surface area (Å²) >= 11 is 0. The maximum absolute atomic E-state index is 13.0. The van der Waals surface area contributed by atoms with Crippen LogP contribution in [0.15, 0.2) is 72.8 Å². The van der Waals surface area contributed by atoms with Gasteiger partial charge in [-0.3, -0.25) is 19.2 Å². The molecule has 16 heteroatoms. The molecule has 4 rings (SSSR count). The minimum absolute atomic E-state index is 0.0481. The molecular formula is C41H44O16. The number of phenols is 8. The van der Waals surface area contributed by atoms with Crippen molar-refractivity contribution in [2.45, 2.75) is 51.4 Å². The van der Waals surface area contributed by atoms with E-state index in [0.29, 0.717) is 22.3 Å². The van der Waals surface area contributed by atoms with E-state index in [1.807, 2.05) is 0 Å². The molecule has 16 nitrogen and oxygen atoms in total. The van der Waals surface area contributed by atoms with E-state index in [1.54, 1.807) is 0 Å². The topological polar surface area (TPSA) is 267 Å². The first kappa shape index (κ1) is 42.9. The number of ether oxygens (including phenoxy) is 4. The molecule has 0 aliphatic carbocycles. The predicted octanol–water partition coefficient (Wildman–Crippen LogP) is 4.32. The molecule has 0 saturated carbocycles. The largest absolute Gasteiger partial charge is 0.508 e. The Morgan fingerprint density at radius 1 is 0.333 bits per heavy atom. The van der Waals surface area contributed by atoms with Gasteiger partial charge in [0.2, 0.25) is 0 Å². The highest BCUT2D eigenvalue weighted by molar-refractivity contribution is 5.72. The molecular weight excluding hydrogens is 748 g/mol. The summed E-state index contributed by atoms with van der Waals surface area (Å²) in [5, 5.41) is 78.4. The first-order valence-corrected chi connectivity index (χ1v) is 17.7. The van der Waals surface area contributed by atoms with Gasteiger partial charge in [0.25, 0.3) is 0 Å². The van der Waals surface area contributed by atoms with Crippen molar-refractivity contribution in [1.29, 1.82) is 0 Å². The molecule has 0 aromatic heterocycles. The number of phenolic OH excluding ortho intramolecular Hbond substituents is 8. The Hall–Kier alpha value is -6.84. The van der Waals surface area contributed by atoms with Gasteiger partial charge in [-0.2, -0.15) is 0 Å². The van der Waals surface area contributed by atoms with E-state index >= 15 is 0 Å². The Morgan fingerprint density at radius 3 is 0.684 bits per heavy atom. The third-order valence-electron chi connectivity index (χ3n) is 8.48. The van der Waals surface area contributed by atoms with Gasteiger partial charge in [0.1, 0.15) is 77.8 Å². The van der Waals surface area contributed by atoms with Crippen LogP contribution in [-0.2, 0) is 63.8 Å². The third-order valence-corrected chi connectivity index (χ3v) is 8.48. The van der Waals surface area contributed by atoms with Gasteiger partial charge in [-0.15, -0.1) is 0 Å². The van der Waals surface area contributed by atoms with E-state index < -0.39 is 55.7 Å². The molecule has 57 heavy (non-hydrogen) atoms. The molecule has 0 aliphatic rings. The fourth-order valence-corrected chi connectivity index (χ4v) is 5.66. The SMILES string of the molecule is O=C(CCc1cc(O)cc(O)c1)OCC(COC(=O)CCc1cc(O)cc(O)c1)(COC(=O)CCc1cc(O)cc(O)c1)COC(=O)CCc1cc(O)cc(O)c1. The van der Waals surface area contributed by atoms with Crippen molar-refractivity contribution in [2.24, 2.45) is 5.41 Å². The molecule has 0 atom stereocenters. The normalized spacial score (nSPS) is 11.1. The molecule has 0 radical (unpaired) electrons. The number of aromatic hydroxyl groups is 8. The molecule has 0 saturated heterocycles. The monoisotopic (exact) mass is 792 g/mol. The molecule has 0 heterocycles. The average Bonchev–Trinajstić information content (AvgIpc) is 3.12. The number of benzene rings is 4. The van der Waals surface area contributed by atoms with E-state index in [1.165, 1.54) is 48.5 Å². The highest BCUT2D eigenvalue weighted by atomic mass is 16.6. The summed E-state index contributed by atoms with van der Waals surface area (Å²) < 4.78 is 22.2. The molecule has 0 amide bonds. The molecule has 0 unspecified atom stereocenters. The fraction of sp³-hybridized carbons (Fsp3) is 0.317. The highest BCUT2D eigenvalue weighted by Gasteiger charge is 2.38. The molecule has 0 bridgehead atoms. The Bertz CT molecular complexity index is 1670. The lowest BCUT2D eigenvalue weighted by Crippen LogP contribution is -2.44. The van der Waals surface area contributed by atoms with Gasteiger partial charge in [-0.05, 0) is 96.5 Å². The van der Waals surface area contributed by atoms with Crippen LogP contribution < -0.4 is 0 Å². The van der Waals surface area contributed by atoms with Crippen LogP contribution in [0.2, 0.25) is 0 Å². The lowest BCUT2D eigenvalue weighted by Gasteiger charge is -2.31. The summed E-state index contributed by atoms with van der Waals surface area (Å²) in [6.07, 6.45) is -0.741. The summed E-state index contributed by atoms with van der Waals surface area (Å²) in [4.78, 5) is 52.0. The van der Waals surface area contributed by atoms with E-state index in [0.717, 1.165) is 24.3 Å². The minimum atomic E-state index is -1.67. The van der Waals surface area contributed by atoms with Crippen LogP contribution in [0.3, 0.4) is 0 Å². The second-order valence-corrected chi connectivity index (χ2v) is 13.6. The summed E-state index contributed by atoms with van der Waals surface area (Å²) in [6, 6.07) is 15.3. The van der Waals surface area contributed by atoms with Crippen LogP contribution in [-0.4, -0.2) is 91.2 Å². The maximum Gasteiger partial charge on any atom is 0.306 e. The molecule has 0 spiro atoms. The van der Waals surface area contributed by atoms with Crippen molar-refractivity contribution in [1.82, 2.24) is 0 Å². The molecule has 4 aromatic carbocycles. The van der Waals surface area contributed by atoms with E-state index in [2.05, 4.69) is 0 Å². The second kappa shape index (κ2) is 20.2. The molecule has 8 N–H and O–H groups in total. The lowest BCUT2D eigenvalue weighted by atomic mass is 9.92. The number of rotatable bonds is 20. The zero-order valence-corrected chi connectivity index (χ0v) is 30.8. The first-order valence-electron chi connectivity index (χ1n) is 17.7. The van der Waals surface area contributed by atoms with Crippen molar-refractivity contribution >= 4 is 23.9 Å². The van der Waals surface area contributed by atoms with Gasteiger partial charge < -0.3 is 59.8 Å². The standard InChI is InChI=1S/C41H44O16/c42-29-9-25(10-30(43)17-29)1-5-37(50)54-21-41(22-55-38(51)6-2-26-11-31(44)18-32(45)12-26,23-56-39(52)7-3-27-13-33(46)19-34(47)14-27)24-57-40(53)8-4-28-15-35(48)20-36(49)16-28/h9-20,42-49H,1-8,21-24H2. The quantitative estimate of drug-likeness (QED) is 0.0457. The summed E-state index contributed by atoms with van der Waals surface area (Å²) in [5.41, 5.74) is 0.0242. The maximum atomic E-state index is 13.0. The number of aryl methyl sites for hydroxylation is 4. The van der Waals surface area contributed by atoms with E-state index in [-0.39, 0.29) is 97.4 Å². The zero-order valence-electron chi connectivity index (χ0n) is 30.8. The van der Waals surface area contributed by atoms with Gasteiger partial charge in [-0.1, -0.05) is 0 Å². The van der Waals surface area contributed by atoms with E-state index in [4.69, 9.17) is 18.9 Å². The van der Waals surface area contributed by atoms with Gasteiger partial charge in [0, 0.05) is 49.9 Å². The third kappa shape index (κ3) is 15.1. The Balaban J connectivity index is 1.51. The smallest absolute Gasteiger partial charge is 0.306 e. The lowest BCUT2D eigenvalue weighted by molar-refractivity contribution is -0.170. The number of hydrogen-bond donors (Lipinski definition) is 8. The van der Waals surface area contributed by atoms with Gasteiger partial charge in [0.05, 0.1) is 0 Å². The van der Waals surface area contributed by atoms with Crippen LogP contribution in [0.5, 0.6) is 46.0 Å². The van der Waals surface area contributed by atoms with Crippen molar-refractivity contribution in [3.05, 3.63) is 95.1 Å². The summed E-state index contributed by atoms with van der Waals surface area (Å²) in [6.45, 7) is -2.36. The summed E-state index contributed by atoms with van der Waals surface area (Å²) in [7, 11) is 0. The molecule has 4 aromatic rings. The average molecular weight is 793 g/mol. The van der Waals surface area contributed by atoms with Crippen LogP contribution in [0.25, 0.3) is 0 Å². The van der Waals surface area contributed by atoms with Crippen LogP contribution in [0, 0.1) is 5.41 Å². The van der Waals surface area contributed by atoms with E-state index in [9.17, 15) is 60.0 Å². The van der Waals surface area contributed by atoms with Gasteiger partial charge in [0.15, 0.2) is 0 Å². The number of carbonyl (C=O) groups excluding carboxylic acids is 4. The Kier molecular flexibility index (Phi) is 15.2. The van der Waals surface area contributed by atoms with Crippen molar-refractivity contribution in [3.8, 4) is 46.0 Å². The molecule has 0 fully saturated rings. The van der Waals surface area contributed by atoms with Gasteiger partial charge in [-0.25, -0.2) is 0 Å². The van der Waals surface area contributed by atoms with Crippen LogP contribution in [0.1, 0.15) is 47.9 Å². The molecule has 0 aliphatic heterocycles. The highest BCUT2D eigenvalue weighted by Crippen LogP contribution is 2.27. The van der Waals surface area contributed by atoms with Crippen LogP contribution in [0.4, 0.5) is 0 Å². The number of esters is 4. The van der Waals surface area contributed by atoms with Crippen molar-refractivity contribution < 1.29 is 79.0 Å². The van der Waals surface area contributed by atoms with Crippen molar-refractivity contribution in [2.75, 3.05) is 26.4 Å². The molecule has 304 valence electrons. The Morgan fingerprint density at radius 2 is 0.509 bits per heavy atom. The van der Waals surface area contributed by atoms with Crippen molar-refractivity contribution in [3.63, 3.8) is 0 Å². The Labute approximate surface area is 326 Å². The number of carbonyl (C=O) groups is 4. The van der Waals surface area contributed by atoms with Crippen LogP contribution >= 0.6 is 0 Å². The first-order chi connectivity index (χ1) is 27.0. The fourth-order valence-electron chi connectivity index (χ4n) is 5.66. The number of hydrogen-bond acceptors (Lipinski definition) is 16. The predicted molar refractivity (Wildman–Crippen MR) is 199 cm³/mol.